The number of aliphatic hydroxyl groups is 2. The molecule has 5 atom stereocenters. The van der Waals surface area contributed by atoms with Crippen LogP contribution in [0.4, 0.5) is 5.82 Å². The third kappa shape index (κ3) is 4.16. The number of aliphatic hydroxyl groups excluding tert-OH is 2. The average Bonchev–Trinajstić information content (AvgIpc) is 3.59. The van der Waals surface area contributed by atoms with Crippen LogP contribution in [0.25, 0.3) is 11.2 Å². The second-order valence-electron chi connectivity index (χ2n) is 8.09. The number of nitrogens with two attached hydrogens (primary N) is 1. The number of hydrogen-bond acceptors (Lipinski definition) is 13. The molecule has 188 valence electrons. The van der Waals surface area contributed by atoms with E-state index in [0.29, 0.717) is 5.56 Å². The quantitative estimate of drug-likeness (QED) is 0.291. The standard InChI is InChI=1S/C20H20ClN9O6/c21-19-27-14(22)11-15(28-19)30(8-25-11)16-13(32)12(31)10(36-16)6-35-20(18(33)34,17-24-7-26-29-17)4-9-2-1-3-23-5-9/h1-3,5,8,10,12-13,16,31-32H,4,6-7H2,(H,33,34)(H2,22,27,28)/t10-,12-,13-,16-,20?/m1/s1. The molecule has 5 heterocycles. The van der Waals surface area contributed by atoms with E-state index in [1.165, 1.54) is 17.1 Å². The van der Waals surface area contributed by atoms with Gasteiger partial charge in [-0.1, -0.05) is 6.07 Å². The van der Waals surface area contributed by atoms with Gasteiger partial charge in [-0.3, -0.25) is 9.55 Å². The molecule has 0 bridgehead atoms. The lowest BCUT2D eigenvalue weighted by Gasteiger charge is -2.29. The molecule has 0 amide bonds. The fourth-order valence-electron chi connectivity index (χ4n) is 4.07. The molecule has 0 radical (unpaired) electrons. The van der Waals surface area contributed by atoms with E-state index in [1.54, 1.807) is 18.3 Å². The lowest BCUT2D eigenvalue weighted by Crippen LogP contribution is -2.52. The number of amidine groups is 1. The van der Waals surface area contributed by atoms with Crippen LogP contribution in [-0.2, 0) is 20.7 Å². The fraction of sp³-hybridized carbons (Fsp3) is 0.400. The van der Waals surface area contributed by atoms with Gasteiger partial charge in [-0.15, -0.1) is 5.11 Å². The third-order valence-corrected chi connectivity index (χ3v) is 6.03. The molecule has 2 aliphatic rings. The molecule has 15 nitrogen and oxygen atoms in total. The van der Waals surface area contributed by atoms with Crippen molar-refractivity contribution in [2.45, 2.75) is 36.6 Å². The van der Waals surface area contributed by atoms with Gasteiger partial charge in [0.25, 0.3) is 0 Å². The minimum atomic E-state index is -2.04. The summed E-state index contributed by atoms with van der Waals surface area (Å²) in [4.78, 5) is 32.6. The first-order chi connectivity index (χ1) is 17.3. The molecule has 5 N–H and O–H groups in total. The number of carbonyl (C=O) groups is 1. The SMILES string of the molecule is Nc1nc(Cl)nc2c1ncn2[C@@H]1O[C@H](COC(Cc2cccnc2)(C(=O)O)C2=NCN=N2)[C@@H](O)[C@H]1O. The minimum Gasteiger partial charge on any atom is -0.479 e. The van der Waals surface area contributed by atoms with Crippen LogP contribution in [0.3, 0.4) is 0 Å². The summed E-state index contributed by atoms with van der Waals surface area (Å²) in [5.41, 5.74) is 4.76. The number of ether oxygens (including phenoxy) is 2. The van der Waals surface area contributed by atoms with E-state index in [0.717, 1.165) is 0 Å². The summed E-state index contributed by atoms with van der Waals surface area (Å²) < 4.78 is 13.1. The lowest BCUT2D eigenvalue weighted by molar-refractivity contribution is -0.162. The van der Waals surface area contributed by atoms with Crippen LogP contribution < -0.4 is 5.73 Å². The average molecular weight is 518 g/mol. The Labute approximate surface area is 207 Å². The van der Waals surface area contributed by atoms with Gasteiger partial charge in [0.05, 0.1) is 12.9 Å². The highest BCUT2D eigenvalue weighted by Crippen LogP contribution is 2.34. The van der Waals surface area contributed by atoms with Crippen LogP contribution >= 0.6 is 11.6 Å². The molecule has 3 aromatic heterocycles. The lowest BCUT2D eigenvalue weighted by atomic mass is 9.93. The van der Waals surface area contributed by atoms with Crippen molar-refractivity contribution in [1.82, 2.24) is 24.5 Å². The van der Waals surface area contributed by atoms with Crippen LogP contribution in [0.1, 0.15) is 11.8 Å². The van der Waals surface area contributed by atoms with E-state index in [4.69, 9.17) is 26.8 Å². The van der Waals surface area contributed by atoms with Crippen LogP contribution in [0, 0.1) is 0 Å². The number of azo groups is 1. The topological polar surface area (TPSA) is 216 Å². The van der Waals surface area contributed by atoms with Gasteiger partial charge >= 0.3 is 5.97 Å². The molecule has 1 unspecified atom stereocenters. The van der Waals surface area contributed by atoms with Crippen LogP contribution in [-0.4, -0.2) is 88.8 Å². The Hall–Kier alpha value is -3.63. The Morgan fingerprint density at radius 2 is 2.17 bits per heavy atom. The van der Waals surface area contributed by atoms with Crippen LogP contribution in [0.2, 0.25) is 5.28 Å². The monoisotopic (exact) mass is 517 g/mol. The second-order valence-corrected chi connectivity index (χ2v) is 8.43. The molecule has 5 rings (SSSR count). The number of nitrogen functional groups attached to an aromatic ring is 1. The number of fused-ring (bicyclic) bond motifs is 1. The van der Waals surface area contributed by atoms with Gasteiger partial charge < -0.3 is 30.5 Å². The zero-order valence-corrected chi connectivity index (χ0v) is 19.2. The molecule has 1 fully saturated rings. The zero-order chi connectivity index (χ0) is 25.4. The summed E-state index contributed by atoms with van der Waals surface area (Å²) in [7, 11) is 0. The molecular weight excluding hydrogens is 498 g/mol. The molecule has 16 heteroatoms. The summed E-state index contributed by atoms with van der Waals surface area (Å²) in [6.07, 6.45) is -0.969. The first-order valence-corrected chi connectivity index (χ1v) is 11.0. The van der Waals surface area contributed by atoms with E-state index in [9.17, 15) is 20.1 Å². The van der Waals surface area contributed by atoms with Crippen molar-refractivity contribution in [1.29, 1.82) is 0 Å². The number of hydrogen-bond donors (Lipinski definition) is 4. The summed E-state index contributed by atoms with van der Waals surface area (Å²) >= 11 is 5.91. The predicted octanol–water partition coefficient (Wildman–Crippen LogP) is -0.0194. The second kappa shape index (κ2) is 9.44. The number of halogens is 1. The molecule has 0 spiro atoms. The largest absolute Gasteiger partial charge is 0.479 e. The number of imidazole rings is 1. The molecule has 3 aromatic rings. The third-order valence-electron chi connectivity index (χ3n) is 5.86. The van der Waals surface area contributed by atoms with Crippen molar-refractivity contribution in [2.75, 3.05) is 19.0 Å². The van der Waals surface area contributed by atoms with Gasteiger partial charge in [-0.2, -0.15) is 15.1 Å². The zero-order valence-electron chi connectivity index (χ0n) is 18.4. The van der Waals surface area contributed by atoms with Gasteiger partial charge in [0, 0.05) is 18.8 Å². The molecular formula is C20H20ClN9O6. The minimum absolute atomic E-state index is 0.0322. The Bertz CT molecular complexity index is 1350. The van der Waals surface area contributed by atoms with Crippen molar-refractivity contribution < 1.29 is 29.6 Å². The smallest absolute Gasteiger partial charge is 0.344 e. The van der Waals surface area contributed by atoms with Crippen LogP contribution in [0.15, 0.2) is 46.1 Å². The summed E-state index contributed by atoms with van der Waals surface area (Å²) in [5, 5.41) is 39.1. The number of aliphatic imine (C=N–C) groups is 1. The number of aliphatic carboxylic acids is 1. The maximum Gasteiger partial charge on any atom is 0.344 e. The predicted molar refractivity (Wildman–Crippen MR) is 122 cm³/mol. The Morgan fingerprint density at radius 3 is 2.86 bits per heavy atom. The first-order valence-electron chi connectivity index (χ1n) is 10.7. The van der Waals surface area contributed by atoms with Crippen molar-refractivity contribution in [3.63, 3.8) is 0 Å². The van der Waals surface area contributed by atoms with E-state index < -0.39 is 42.7 Å². The molecule has 0 aromatic carbocycles. The number of aromatic nitrogens is 5. The highest BCUT2D eigenvalue weighted by molar-refractivity contribution is 6.28. The Balaban J connectivity index is 1.41. The van der Waals surface area contributed by atoms with E-state index in [-0.39, 0.29) is 41.2 Å². The summed E-state index contributed by atoms with van der Waals surface area (Å²) in [5.74, 6) is -1.46. The number of carboxylic acid groups (broad SMARTS) is 1. The summed E-state index contributed by atoms with van der Waals surface area (Å²) in [6, 6.07) is 3.34. The maximum absolute atomic E-state index is 12.5. The van der Waals surface area contributed by atoms with E-state index in [1.807, 2.05) is 0 Å². The van der Waals surface area contributed by atoms with Crippen molar-refractivity contribution in [3.8, 4) is 0 Å². The molecule has 0 saturated carbocycles. The van der Waals surface area contributed by atoms with Crippen molar-refractivity contribution in [2.24, 2.45) is 15.2 Å². The molecule has 0 aliphatic carbocycles. The summed E-state index contributed by atoms with van der Waals surface area (Å²) in [6.45, 7) is -0.467. The van der Waals surface area contributed by atoms with Crippen LogP contribution in [0.5, 0.6) is 0 Å². The fourth-order valence-corrected chi connectivity index (χ4v) is 4.24. The van der Waals surface area contributed by atoms with E-state index in [2.05, 4.69) is 35.2 Å². The number of rotatable bonds is 8. The highest BCUT2D eigenvalue weighted by Gasteiger charge is 2.50. The Morgan fingerprint density at radius 1 is 1.33 bits per heavy atom. The van der Waals surface area contributed by atoms with Gasteiger partial charge in [0.1, 0.15) is 23.8 Å². The Kier molecular flexibility index (Phi) is 6.31. The number of anilines is 1. The van der Waals surface area contributed by atoms with Gasteiger partial charge in [-0.25, -0.2) is 14.8 Å². The van der Waals surface area contributed by atoms with Gasteiger partial charge in [0.15, 0.2) is 30.2 Å². The highest BCUT2D eigenvalue weighted by atomic mass is 35.5. The number of pyridine rings is 1. The molecule has 1 saturated heterocycles. The van der Waals surface area contributed by atoms with Gasteiger partial charge in [-0.05, 0) is 23.2 Å². The van der Waals surface area contributed by atoms with Gasteiger partial charge in [0.2, 0.25) is 10.9 Å². The van der Waals surface area contributed by atoms with E-state index >= 15 is 0 Å². The van der Waals surface area contributed by atoms with Crippen molar-refractivity contribution in [3.05, 3.63) is 41.7 Å². The first kappa shape index (κ1) is 24.1. The number of carboxylic acids is 1. The maximum atomic E-state index is 12.5. The molecule has 36 heavy (non-hydrogen) atoms. The number of nitrogens with zero attached hydrogens (tertiary/aromatic N) is 8. The van der Waals surface area contributed by atoms with Crippen molar-refractivity contribution >= 4 is 40.4 Å². The normalized spacial score (nSPS) is 25.2. The molecule has 2 aliphatic heterocycles.